The van der Waals surface area contributed by atoms with E-state index in [1.165, 1.54) is 0 Å². The van der Waals surface area contributed by atoms with Crippen LogP contribution in [0, 0.1) is 17.8 Å². The van der Waals surface area contributed by atoms with Crippen LogP contribution in [-0.2, 0) is 4.79 Å². The molecular weight excluding hydrogens is 266 g/mol. The second kappa shape index (κ2) is 7.70. The van der Waals surface area contributed by atoms with Gasteiger partial charge in [0.1, 0.15) is 19.0 Å². The molecule has 0 aromatic heterocycles. The third-order valence-electron chi connectivity index (χ3n) is 3.65. The van der Waals surface area contributed by atoms with Crippen LogP contribution in [0.4, 0.5) is 0 Å². The zero-order chi connectivity index (χ0) is 15.1. The van der Waals surface area contributed by atoms with Gasteiger partial charge in [-0.2, -0.15) is 0 Å². The summed E-state index contributed by atoms with van der Waals surface area (Å²) in [6.07, 6.45) is 1.72. The number of benzene rings is 1. The quantitative estimate of drug-likeness (QED) is 0.838. The minimum absolute atomic E-state index is 0.152. The minimum Gasteiger partial charge on any atom is -0.492 e. The van der Waals surface area contributed by atoms with Crippen LogP contribution in [0.1, 0.15) is 25.3 Å². The second-order valence-electron chi connectivity index (χ2n) is 5.15. The van der Waals surface area contributed by atoms with Gasteiger partial charge in [-0.1, -0.05) is 31.3 Å². The van der Waals surface area contributed by atoms with E-state index in [2.05, 4.69) is 18.8 Å². The Hall–Kier alpha value is -1.99. The molecule has 0 spiro atoms. The van der Waals surface area contributed by atoms with Gasteiger partial charge in [0.2, 0.25) is 5.91 Å². The average Bonchev–Trinajstić information content (AvgIpc) is 2.86. The number of carbonyl (C=O) groups is 1. The molecule has 1 fully saturated rings. The lowest BCUT2D eigenvalue weighted by Gasteiger charge is -2.16. The molecule has 0 aliphatic carbocycles. The fourth-order valence-electron chi connectivity index (χ4n) is 2.42. The number of nitrogens with zero attached hydrogens (tertiary/aromatic N) is 1. The van der Waals surface area contributed by atoms with Gasteiger partial charge in [0.05, 0.1) is 6.54 Å². The molecule has 112 valence electrons. The van der Waals surface area contributed by atoms with E-state index < -0.39 is 0 Å². The van der Waals surface area contributed by atoms with Crippen LogP contribution >= 0.6 is 0 Å². The van der Waals surface area contributed by atoms with Crippen molar-refractivity contribution < 1.29 is 14.6 Å². The van der Waals surface area contributed by atoms with Crippen molar-refractivity contribution in [2.24, 2.45) is 5.92 Å². The first-order valence-corrected chi connectivity index (χ1v) is 7.33. The zero-order valence-corrected chi connectivity index (χ0v) is 12.3. The molecule has 1 aliphatic heterocycles. The molecule has 0 saturated carbocycles. The largest absolute Gasteiger partial charge is 0.492 e. The smallest absolute Gasteiger partial charge is 0.223 e. The highest BCUT2D eigenvalue weighted by Gasteiger charge is 2.27. The molecule has 1 atom stereocenters. The van der Waals surface area contributed by atoms with Gasteiger partial charge in [0, 0.05) is 18.5 Å². The van der Waals surface area contributed by atoms with Gasteiger partial charge in [-0.25, -0.2) is 0 Å². The van der Waals surface area contributed by atoms with Crippen LogP contribution < -0.4 is 4.74 Å². The van der Waals surface area contributed by atoms with E-state index in [4.69, 9.17) is 9.84 Å². The van der Waals surface area contributed by atoms with Gasteiger partial charge in [-0.3, -0.25) is 4.79 Å². The minimum atomic E-state index is -0.152. The van der Waals surface area contributed by atoms with Crippen LogP contribution in [0.2, 0.25) is 0 Å². The lowest BCUT2D eigenvalue weighted by atomic mass is 10.1. The van der Waals surface area contributed by atoms with Crippen molar-refractivity contribution in [2.75, 3.05) is 26.3 Å². The summed E-state index contributed by atoms with van der Waals surface area (Å²) in [5.41, 5.74) is 0.810. The summed E-state index contributed by atoms with van der Waals surface area (Å²) in [5.74, 6) is 6.91. The van der Waals surface area contributed by atoms with E-state index in [1.807, 2.05) is 29.2 Å². The van der Waals surface area contributed by atoms with Crippen LogP contribution in [-0.4, -0.2) is 42.2 Å². The number of likely N-dealkylation sites (tertiary alicyclic amines) is 1. The summed E-state index contributed by atoms with van der Waals surface area (Å²) < 4.78 is 5.68. The number of hydrogen-bond donors (Lipinski definition) is 1. The molecule has 1 aromatic rings. The van der Waals surface area contributed by atoms with Crippen molar-refractivity contribution in [3.8, 4) is 17.6 Å². The van der Waals surface area contributed by atoms with E-state index in [9.17, 15) is 4.79 Å². The molecule has 1 amide bonds. The van der Waals surface area contributed by atoms with E-state index in [1.54, 1.807) is 0 Å². The number of hydrogen-bond acceptors (Lipinski definition) is 3. The number of amides is 1. The van der Waals surface area contributed by atoms with E-state index in [0.717, 1.165) is 24.3 Å². The number of aliphatic hydroxyl groups is 1. The lowest BCUT2D eigenvalue weighted by Crippen LogP contribution is -2.29. The summed E-state index contributed by atoms with van der Waals surface area (Å²) in [6, 6.07) is 7.43. The highest BCUT2D eigenvalue weighted by molar-refractivity contribution is 5.78. The van der Waals surface area contributed by atoms with Gasteiger partial charge in [-0.05, 0) is 24.1 Å². The molecule has 1 N–H and O–H groups in total. The first-order chi connectivity index (χ1) is 10.2. The summed E-state index contributed by atoms with van der Waals surface area (Å²) in [7, 11) is 0. The van der Waals surface area contributed by atoms with Crippen molar-refractivity contribution in [3.63, 3.8) is 0 Å². The molecule has 2 rings (SSSR count). The lowest BCUT2D eigenvalue weighted by molar-refractivity contribution is -0.128. The first kappa shape index (κ1) is 15.4. The van der Waals surface area contributed by atoms with Gasteiger partial charge in [0.15, 0.2) is 0 Å². The Labute approximate surface area is 125 Å². The molecule has 1 heterocycles. The Balaban J connectivity index is 1.82. The monoisotopic (exact) mass is 287 g/mol. The van der Waals surface area contributed by atoms with Gasteiger partial charge < -0.3 is 14.7 Å². The Morgan fingerprint density at radius 1 is 1.48 bits per heavy atom. The fourth-order valence-corrected chi connectivity index (χ4v) is 2.42. The van der Waals surface area contributed by atoms with Crippen molar-refractivity contribution in [1.29, 1.82) is 0 Å². The molecule has 4 nitrogen and oxygen atoms in total. The maximum absolute atomic E-state index is 11.8. The average molecular weight is 287 g/mol. The van der Waals surface area contributed by atoms with E-state index in [0.29, 0.717) is 25.5 Å². The molecule has 1 saturated heterocycles. The van der Waals surface area contributed by atoms with Crippen LogP contribution in [0.25, 0.3) is 0 Å². The summed E-state index contributed by atoms with van der Waals surface area (Å²) >= 11 is 0. The summed E-state index contributed by atoms with van der Waals surface area (Å²) in [4.78, 5) is 13.7. The molecule has 4 heteroatoms. The molecule has 0 bridgehead atoms. The van der Waals surface area contributed by atoms with Crippen molar-refractivity contribution in [3.05, 3.63) is 29.8 Å². The second-order valence-corrected chi connectivity index (χ2v) is 5.15. The van der Waals surface area contributed by atoms with E-state index >= 15 is 0 Å². The van der Waals surface area contributed by atoms with Gasteiger partial charge in [-0.15, -0.1) is 0 Å². The fraction of sp³-hybridized carbons (Fsp3) is 0.471. The molecule has 1 unspecified atom stereocenters. The molecule has 21 heavy (non-hydrogen) atoms. The summed E-state index contributed by atoms with van der Waals surface area (Å²) in [6.45, 7) is 3.93. The SMILES string of the molecule is CCC1CC(=O)N(CCOc2cccc(C#CCO)c2)C1. The van der Waals surface area contributed by atoms with Crippen molar-refractivity contribution in [1.82, 2.24) is 4.90 Å². The summed E-state index contributed by atoms with van der Waals surface area (Å²) in [5, 5.41) is 8.68. The van der Waals surface area contributed by atoms with Gasteiger partial charge in [0.25, 0.3) is 0 Å². The van der Waals surface area contributed by atoms with E-state index in [-0.39, 0.29) is 12.5 Å². The Kier molecular flexibility index (Phi) is 5.65. The number of aliphatic hydroxyl groups excluding tert-OH is 1. The predicted molar refractivity (Wildman–Crippen MR) is 80.9 cm³/mol. The van der Waals surface area contributed by atoms with Crippen molar-refractivity contribution in [2.45, 2.75) is 19.8 Å². The van der Waals surface area contributed by atoms with Crippen LogP contribution in [0.5, 0.6) is 5.75 Å². The van der Waals surface area contributed by atoms with Crippen LogP contribution in [0.15, 0.2) is 24.3 Å². The third-order valence-corrected chi connectivity index (χ3v) is 3.65. The highest BCUT2D eigenvalue weighted by atomic mass is 16.5. The maximum atomic E-state index is 11.8. The van der Waals surface area contributed by atoms with Gasteiger partial charge >= 0.3 is 0 Å². The highest BCUT2D eigenvalue weighted by Crippen LogP contribution is 2.20. The molecule has 1 aromatic carbocycles. The number of rotatable bonds is 5. The first-order valence-electron chi connectivity index (χ1n) is 7.33. The third kappa shape index (κ3) is 4.51. The molecule has 1 aliphatic rings. The predicted octanol–water partition coefficient (Wildman–Crippen LogP) is 1.67. The number of carbonyl (C=O) groups excluding carboxylic acids is 1. The molecule has 0 radical (unpaired) electrons. The van der Waals surface area contributed by atoms with Crippen LogP contribution in [0.3, 0.4) is 0 Å². The Morgan fingerprint density at radius 3 is 3.05 bits per heavy atom. The zero-order valence-electron chi connectivity index (χ0n) is 12.3. The topological polar surface area (TPSA) is 49.8 Å². The normalized spacial score (nSPS) is 17.5. The maximum Gasteiger partial charge on any atom is 0.223 e. The molecular formula is C17H21NO3. The Morgan fingerprint density at radius 2 is 2.33 bits per heavy atom. The Bertz CT molecular complexity index is 544. The van der Waals surface area contributed by atoms with Crippen molar-refractivity contribution >= 4 is 5.91 Å². The standard InChI is InChI=1S/C17H21NO3/c1-2-14-12-17(20)18(13-14)8-10-21-16-7-3-5-15(11-16)6-4-9-19/h3,5,7,11,14,19H,2,8-10,12-13H2,1H3. The number of ether oxygens (including phenoxy) is 1.